The van der Waals surface area contributed by atoms with Gasteiger partial charge in [-0.1, -0.05) is 159 Å². The van der Waals surface area contributed by atoms with E-state index in [1.165, 1.54) is 89.7 Å². The van der Waals surface area contributed by atoms with Gasteiger partial charge in [0, 0.05) is 10.8 Å². The average molecular weight is 679 g/mol. The molecule has 1 heterocycles. The summed E-state index contributed by atoms with van der Waals surface area (Å²) in [7, 11) is 0. The Morgan fingerprint density at radius 1 is 0.377 bits per heavy atom. The lowest BCUT2D eigenvalue weighted by atomic mass is 9.84. The molecule has 10 rings (SSSR count). The summed E-state index contributed by atoms with van der Waals surface area (Å²) < 4.78 is 6.38. The summed E-state index contributed by atoms with van der Waals surface area (Å²) in [6.45, 7) is 2.25. The van der Waals surface area contributed by atoms with Crippen LogP contribution < -0.4 is 0 Å². The fourth-order valence-corrected chi connectivity index (χ4v) is 8.40. The zero-order valence-electron chi connectivity index (χ0n) is 29.8. The maximum absolute atomic E-state index is 6.38. The van der Waals surface area contributed by atoms with Gasteiger partial charge in [0.25, 0.3) is 0 Å². The van der Waals surface area contributed by atoms with Crippen LogP contribution in [0.15, 0.2) is 180 Å². The topological polar surface area (TPSA) is 13.1 Å². The average Bonchev–Trinajstić information content (AvgIpc) is 3.60. The Morgan fingerprint density at radius 3 is 1.70 bits per heavy atom. The van der Waals surface area contributed by atoms with Crippen molar-refractivity contribution in [2.24, 2.45) is 0 Å². The number of fused-ring (bicyclic) bond motifs is 6. The molecule has 0 N–H and O–H groups in total. The zero-order chi connectivity index (χ0) is 35.3. The number of hydrogen-bond donors (Lipinski definition) is 0. The molecule has 0 aliphatic rings. The highest BCUT2D eigenvalue weighted by Gasteiger charge is 2.19. The Bertz CT molecular complexity index is 2920. The molecule has 1 nitrogen and oxygen atoms in total. The molecular formula is C52H38O. The van der Waals surface area contributed by atoms with E-state index in [0.29, 0.717) is 0 Å². The number of benzene rings is 9. The van der Waals surface area contributed by atoms with Crippen molar-refractivity contribution in [1.82, 2.24) is 0 Å². The van der Waals surface area contributed by atoms with Crippen LogP contribution in [0.25, 0.3) is 98.8 Å². The van der Waals surface area contributed by atoms with Gasteiger partial charge in [-0.05, 0) is 126 Å². The molecule has 0 aliphatic heterocycles. The van der Waals surface area contributed by atoms with E-state index in [2.05, 4.69) is 171 Å². The maximum Gasteiger partial charge on any atom is 0.136 e. The Hall–Kier alpha value is -6.44. The molecule has 0 atom stereocenters. The first-order valence-electron chi connectivity index (χ1n) is 18.8. The summed E-state index contributed by atoms with van der Waals surface area (Å²) in [6, 6.07) is 64.6. The lowest BCUT2D eigenvalue weighted by molar-refractivity contribution is 0.669. The van der Waals surface area contributed by atoms with Gasteiger partial charge in [-0.25, -0.2) is 0 Å². The SMILES string of the molecule is CCCCc1ccc(-c2cccc(-c3ccc4cccc(-c5c6ccccc6c(-c6ccc7c(c6)oc6ccccc67)c6ccccc56)c4c3)c2)cc1. The molecular weight excluding hydrogens is 641 g/mol. The van der Waals surface area contributed by atoms with Crippen LogP contribution >= 0.6 is 0 Å². The van der Waals surface area contributed by atoms with E-state index < -0.39 is 0 Å². The highest BCUT2D eigenvalue weighted by atomic mass is 16.3. The van der Waals surface area contributed by atoms with Crippen LogP contribution in [0, 0.1) is 0 Å². The van der Waals surface area contributed by atoms with Gasteiger partial charge < -0.3 is 4.42 Å². The van der Waals surface area contributed by atoms with Crippen LogP contribution in [-0.4, -0.2) is 0 Å². The molecule has 0 saturated heterocycles. The maximum atomic E-state index is 6.38. The molecule has 0 bridgehead atoms. The number of para-hydroxylation sites is 1. The van der Waals surface area contributed by atoms with Gasteiger partial charge in [0.15, 0.2) is 0 Å². The molecule has 0 saturated carbocycles. The molecule has 0 aliphatic carbocycles. The van der Waals surface area contributed by atoms with Crippen molar-refractivity contribution < 1.29 is 4.42 Å². The van der Waals surface area contributed by atoms with Gasteiger partial charge >= 0.3 is 0 Å². The Labute approximate surface area is 309 Å². The molecule has 0 spiro atoms. The van der Waals surface area contributed by atoms with E-state index >= 15 is 0 Å². The zero-order valence-corrected chi connectivity index (χ0v) is 29.8. The van der Waals surface area contributed by atoms with E-state index in [1.54, 1.807) is 0 Å². The second-order valence-corrected chi connectivity index (χ2v) is 14.3. The van der Waals surface area contributed by atoms with Gasteiger partial charge in [0.2, 0.25) is 0 Å². The second kappa shape index (κ2) is 13.0. The summed E-state index contributed by atoms with van der Waals surface area (Å²) in [4.78, 5) is 0. The third kappa shape index (κ3) is 5.40. The van der Waals surface area contributed by atoms with Crippen molar-refractivity contribution in [2.75, 3.05) is 0 Å². The largest absolute Gasteiger partial charge is 0.456 e. The molecule has 9 aromatic carbocycles. The smallest absolute Gasteiger partial charge is 0.136 e. The monoisotopic (exact) mass is 678 g/mol. The van der Waals surface area contributed by atoms with Crippen molar-refractivity contribution in [1.29, 1.82) is 0 Å². The van der Waals surface area contributed by atoms with E-state index in [0.717, 1.165) is 33.9 Å². The molecule has 1 aromatic heterocycles. The standard InChI is InChI=1S/C52H38O/c1-2-3-12-34-23-25-35(26-24-34)37-14-10-15-38(31-37)39-28-27-36-13-11-21-47(48(36)32-39)52-45-19-6-4-17-43(45)51(44-18-5-7-20-46(44)52)40-29-30-42-41-16-8-9-22-49(41)53-50(42)33-40/h4-11,13-33H,2-3,12H2,1H3. The summed E-state index contributed by atoms with van der Waals surface area (Å²) >= 11 is 0. The minimum Gasteiger partial charge on any atom is -0.456 e. The molecule has 53 heavy (non-hydrogen) atoms. The Balaban J connectivity index is 1.14. The fourth-order valence-electron chi connectivity index (χ4n) is 8.40. The van der Waals surface area contributed by atoms with Gasteiger partial charge in [-0.2, -0.15) is 0 Å². The van der Waals surface area contributed by atoms with Gasteiger partial charge in [-0.15, -0.1) is 0 Å². The lowest BCUT2D eigenvalue weighted by Gasteiger charge is -2.19. The van der Waals surface area contributed by atoms with Crippen molar-refractivity contribution in [3.05, 3.63) is 181 Å². The quantitative estimate of drug-likeness (QED) is 0.153. The summed E-state index contributed by atoms with van der Waals surface area (Å²) in [5.74, 6) is 0. The molecule has 0 radical (unpaired) electrons. The fraction of sp³-hybridized carbons (Fsp3) is 0.0769. The molecule has 10 aromatic rings. The summed E-state index contributed by atoms with van der Waals surface area (Å²) in [6.07, 6.45) is 3.59. The molecule has 0 fully saturated rings. The third-order valence-corrected chi connectivity index (χ3v) is 11.1. The number of aryl methyl sites for hydroxylation is 1. The minimum absolute atomic E-state index is 0.913. The van der Waals surface area contributed by atoms with Crippen molar-refractivity contribution in [3.63, 3.8) is 0 Å². The van der Waals surface area contributed by atoms with Crippen molar-refractivity contribution >= 4 is 54.3 Å². The predicted molar refractivity (Wildman–Crippen MR) is 227 cm³/mol. The molecule has 0 amide bonds. The minimum atomic E-state index is 0.913. The summed E-state index contributed by atoms with van der Waals surface area (Å²) in [5.41, 5.74) is 13.1. The van der Waals surface area contributed by atoms with E-state index in [9.17, 15) is 0 Å². The molecule has 0 unspecified atom stereocenters. The highest BCUT2D eigenvalue weighted by Crippen LogP contribution is 2.46. The van der Waals surface area contributed by atoms with Gasteiger partial charge in [0.1, 0.15) is 11.2 Å². The Kier molecular flexibility index (Phi) is 7.65. The Morgan fingerprint density at radius 2 is 0.962 bits per heavy atom. The van der Waals surface area contributed by atoms with Crippen LogP contribution in [0.3, 0.4) is 0 Å². The lowest BCUT2D eigenvalue weighted by Crippen LogP contribution is -1.92. The third-order valence-electron chi connectivity index (χ3n) is 11.1. The number of rotatable bonds is 7. The van der Waals surface area contributed by atoms with E-state index in [1.807, 2.05) is 12.1 Å². The number of hydrogen-bond acceptors (Lipinski definition) is 1. The van der Waals surface area contributed by atoms with Crippen LogP contribution in [0.4, 0.5) is 0 Å². The normalized spacial score (nSPS) is 11.7. The van der Waals surface area contributed by atoms with Gasteiger partial charge in [-0.3, -0.25) is 0 Å². The first-order valence-corrected chi connectivity index (χ1v) is 18.8. The van der Waals surface area contributed by atoms with Crippen LogP contribution in [0.5, 0.6) is 0 Å². The van der Waals surface area contributed by atoms with Crippen LogP contribution in [0.2, 0.25) is 0 Å². The highest BCUT2D eigenvalue weighted by molar-refractivity contribution is 6.24. The van der Waals surface area contributed by atoms with Crippen molar-refractivity contribution in [2.45, 2.75) is 26.2 Å². The predicted octanol–water partition coefficient (Wildman–Crippen LogP) is 15.1. The van der Waals surface area contributed by atoms with Crippen LogP contribution in [-0.2, 0) is 6.42 Å². The van der Waals surface area contributed by atoms with E-state index in [-0.39, 0.29) is 0 Å². The first kappa shape index (κ1) is 31.3. The van der Waals surface area contributed by atoms with Gasteiger partial charge in [0.05, 0.1) is 0 Å². The molecule has 252 valence electrons. The summed E-state index contributed by atoms with van der Waals surface area (Å²) in [5, 5.41) is 9.74. The first-order chi connectivity index (χ1) is 26.2. The number of furan rings is 1. The number of unbranched alkanes of at least 4 members (excludes halogenated alkanes) is 1. The molecule has 1 heteroatoms. The van der Waals surface area contributed by atoms with E-state index in [4.69, 9.17) is 4.42 Å². The van der Waals surface area contributed by atoms with Crippen LogP contribution in [0.1, 0.15) is 25.3 Å². The second-order valence-electron chi connectivity index (χ2n) is 14.3. The van der Waals surface area contributed by atoms with Crippen molar-refractivity contribution in [3.8, 4) is 44.5 Å².